The fraction of sp³-hybridized carbons (Fsp3) is 1.00. The second kappa shape index (κ2) is 5.69. The van der Waals surface area contributed by atoms with Gasteiger partial charge in [-0.2, -0.15) is 0 Å². The highest BCUT2D eigenvalue weighted by Crippen LogP contribution is 2.14. The lowest BCUT2D eigenvalue weighted by Gasteiger charge is -2.29. The Morgan fingerprint density at radius 3 is 1.75 bits per heavy atom. The molecule has 74 valence electrons. The Bertz CT molecular complexity index is 105. The Labute approximate surface area is 77.2 Å². The molecule has 4 heteroatoms. The summed E-state index contributed by atoms with van der Waals surface area (Å²) in [5.41, 5.74) is -0.704. The highest BCUT2D eigenvalue weighted by Gasteiger charge is 2.28. The van der Waals surface area contributed by atoms with Gasteiger partial charge in [0.2, 0.25) is 5.60 Å². The molecular formula is C8H20O3Si. The van der Waals surface area contributed by atoms with Gasteiger partial charge in [0.05, 0.1) is 0 Å². The van der Waals surface area contributed by atoms with Crippen LogP contribution in [-0.4, -0.2) is 36.4 Å². The zero-order valence-electron chi connectivity index (χ0n) is 8.72. The molecule has 0 aromatic carbocycles. The van der Waals surface area contributed by atoms with Gasteiger partial charge in [0, 0.05) is 21.3 Å². The van der Waals surface area contributed by atoms with Gasteiger partial charge in [-0.15, -0.1) is 0 Å². The van der Waals surface area contributed by atoms with Crippen molar-refractivity contribution in [2.24, 2.45) is 5.92 Å². The maximum atomic E-state index is 5.20. The van der Waals surface area contributed by atoms with Crippen molar-refractivity contribution in [3.63, 3.8) is 0 Å². The van der Waals surface area contributed by atoms with Crippen LogP contribution in [0, 0.1) is 5.92 Å². The van der Waals surface area contributed by atoms with Crippen molar-refractivity contribution in [2.45, 2.75) is 25.5 Å². The SMILES string of the molecule is COC(OC)(OC)[SiH2]CC(C)C. The maximum Gasteiger partial charge on any atom is 0.248 e. The Morgan fingerprint density at radius 2 is 1.50 bits per heavy atom. The van der Waals surface area contributed by atoms with E-state index in [1.165, 1.54) is 0 Å². The number of rotatable bonds is 6. The van der Waals surface area contributed by atoms with Crippen LogP contribution >= 0.6 is 0 Å². The van der Waals surface area contributed by atoms with Crippen molar-refractivity contribution < 1.29 is 14.2 Å². The predicted octanol–water partition coefficient (Wildman–Crippen LogP) is 0.780. The van der Waals surface area contributed by atoms with E-state index < -0.39 is 15.1 Å². The minimum Gasteiger partial charge on any atom is -0.335 e. The molecule has 0 fully saturated rings. The lowest BCUT2D eigenvalue weighted by atomic mass is 10.3. The molecule has 0 aliphatic heterocycles. The smallest absolute Gasteiger partial charge is 0.248 e. The first-order valence-electron chi connectivity index (χ1n) is 4.25. The van der Waals surface area contributed by atoms with Crippen molar-refractivity contribution in [3.8, 4) is 0 Å². The van der Waals surface area contributed by atoms with E-state index in [1.54, 1.807) is 21.3 Å². The monoisotopic (exact) mass is 192 g/mol. The zero-order valence-corrected chi connectivity index (χ0v) is 10.1. The second-order valence-electron chi connectivity index (χ2n) is 3.23. The van der Waals surface area contributed by atoms with Crippen LogP contribution < -0.4 is 0 Å². The molecule has 0 heterocycles. The average molecular weight is 192 g/mol. The molecule has 0 N–H and O–H groups in total. The molecule has 0 saturated heterocycles. The molecule has 0 rings (SSSR count). The summed E-state index contributed by atoms with van der Waals surface area (Å²) in [5.74, 6) is 0.691. The summed E-state index contributed by atoms with van der Waals surface area (Å²) in [6, 6.07) is 1.16. The minimum absolute atomic E-state index is 0.496. The standard InChI is InChI=1S/C8H20O3Si/c1-7(2)6-12-8(9-3,10-4)11-5/h7H,6,12H2,1-5H3. The topological polar surface area (TPSA) is 27.7 Å². The number of methoxy groups -OCH3 is 3. The van der Waals surface area contributed by atoms with Crippen LogP contribution in [0.2, 0.25) is 6.04 Å². The van der Waals surface area contributed by atoms with E-state index in [2.05, 4.69) is 13.8 Å². The Morgan fingerprint density at radius 1 is 1.08 bits per heavy atom. The summed E-state index contributed by atoms with van der Waals surface area (Å²) in [7, 11) is 4.38. The van der Waals surface area contributed by atoms with E-state index >= 15 is 0 Å². The third-order valence-electron chi connectivity index (χ3n) is 1.96. The first-order chi connectivity index (χ1) is 5.60. The number of ether oxygens (including phenoxy) is 3. The molecule has 0 amide bonds. The molecule has 3 nitrogen and oxygen atoms in total. The van der Waals surface area contributed by atoms with Crippen molar-refractivity contribution in [1.82, 2.24) is 0 Å². The fourth-order valence-electron chi connectivity index (χ4n) is 1.02. The van der Waals surface area contributed by atoms with E-state index in [0.29, 0.717) is 5.92 Å². The van der Waals surface area contributed by atoms with Gasteiger partial charge < -0.3 is 14.2 Å². The van der Waals surface area contributed by atoms with Crippen LogP contribution in [0.5, 0.6) is 0 Å². The zero-order chi connectivity index (χ0) is 9.61. The summed E-state index contributed by atoms with van der Waals surface area (Å²) in [6.45, 7) is 4.39. The van der Waals surface area contributed by atoms with Gasteiger partial charge in [0.15, 0.2) is 0 Å². The number of hydrogen-bond acceptors (Lipinski definition) is 3. The maximum absolute atomic E-state index is 5.20. The van der Waals surface area contributed by atoms with Crippen molar-refractivity contribution >= 4 is 9.52 Å². The van der Waals surface area contributed by atoms with Crippen LogP contribution in [0.15, 0.2) is 0 Å². The summed E-state index contributed by atoms with van der Waals surface area (Å²) in [6.07, 6.45) is 0. The second-order valence-corrected chi connectivity index (χ2v) is 5.17. The van der Waals surface area contributed by atoms with Crippen LogP contribution in [0.3, 0.4) is 0 Å². The molecule has 0 bridgehead atoms. The molecule has 0 aromatic rings. The van der Waals surface area contributed by atoms with Crippen LogP contribution in [0.25, 0.3) is 0 Å². The Hall–Kier alpha value is 0.0969. The van der Waals surface area contributed by atoms with Crippen LogP contribution in [-0.2, 0) is 14.2 Å². The third-order valence-corrected chi connectivity index (χ3v) is 4.88. The van der Waals surface area contributed by atoms with E-state index in [4.69, 9.17) is 14.2 Å². The van der Waals surface area contributed by atoms with Gasteiger partial charge in [-0.25, -0.2) is 0 Å². The lowest BCUT2D eigenvalue weighted by Crippen LogP contribution is -2.42. The highest BCUT2D eigenvalue weighted by atomic mass is 28.2. The average Bonchev–Trinajstić information content (AvgIpc) is 2.08. The molecule has 12 heavy (non-hydrogen) atoms. The molecule has 0 unspecified atom stereocenters. The van der Waals surface area contributed by atoms with E-state index in [-0.39, 0.29) is 0 Å². The van der Waals surface area contributed by atoms with Crippen molar-refractivity contribution in [1.29, 1.82) is 0 Å². The van der Waals surface area contributed by atoms with E-state index in [1.807, 2.05) is 0 Å². The van der Waals surface area contributed by atoms with Crippen LogP contribution in [0.1, 0.15) is 13.8 Å². The molecular weight excluding hydrogens is 172 g/mol. The van der Waals surface area contributed by atoms with Crippen LogP contribution in [0.4, 0.5) is 0 Å². The quantitative estimate of drug-likeness (QED) is 0.460. The highest BCUT2D eigenvalue weighted by molar-refractivity contribution is 6.38. The first-order valence-corrected chi connectivity index (χ1v) is 5.96. The van der Waals surface area contributed by atoms with E-state index in [9.17, 15) is 0 Å². The normalized spacial score (nSPS) is 13.5. The van der Waals surface area contributed by atoms with Gasteiger partial charge in [0.1, 0.15) is 9.52 Å². The van der Waals surface area contributed by atoms with E-state index in [0.717, 1.165) is 6.04 Å². The minimum atomic E-state index is -0.704. The summed E-state index contributed by atoms with van der Waals surface area (Å²) in [4.78, 5) is 0. The lowest BCUT2D eigenvalue weighted by molar-refractivity contribution is -0.295. The third kappa shape index (κ3) is 3.67. The summed E-state index contributed by atoms with van der Waals surface area (Å²) < 4.78 is 15.6. The molecule has 0 aromatic heterocycles. The summed E-state index contributed by atoms with van der Waals surface area (Å²) >= 11 is 0. The molecule has 0 aliphatic rings. The molecule has 0 spiro atoms. The Kier molecular flexibility index (Phi) is 5.74. The van der Waals surface area contributed by atoms with Crippen molar-refractivity contribution in [3.05, 3.63) is 0 Å². The number of hydrogen-bond donors (Lipinski definition) is 0. The Balaban J connectivity index is 3.93. The van der Waals surface area contributed by atoms with Crippen molar-refractivity contribution in [2.75, 3.05) is 21.3 Å². The van der Waals surface area contributed by atoms with Gasteiger partial charge in [-0.05, 0) is 5.92 Å². The van der Waals surface area contributed by atoms with Gasteiger partial charge >= 0.3 is 0 Å². The van der Waals surface area contributed by atoms with Gasteiger partial charge in [-0.3, -0.25) is 0 Å². The molecule has 0 atom stereocenters. The largest absolute Gasteiger partial charge is 0.335 e. The summed E-state index contributed by atoms with van der Waals surface area (Å²) in [5, 5.41) is 0. The fourth-order valence-corrected chi connectivity index (χ4v) is 2.56. The molecule has 0 aliphatic carbocycles. The predicted molar refractivity (Wildman–Crippen MR) is 51.9 cm³/mol. The van der Waals surface area contributed by atoms with Gasteiger partial charge in [0.25, 0.3) is 0 Å². The molecule has 0 radical (unpaired) electrons. The first kappa shape index (κ1) is 12.1. The molecule has 0 saturated carbocycles. The van der Waals surface area contributed by atoms with Gasteiger partial charge in [-0.1, -0.05) is 19.9 Å².